The van der Waals surface area contributed by atoms with Crippen LogP contribution in [-0.4, -0.2) is 51.3 Å². The van der Waals surface area contributed by atoms with Crippen molar-refractivity contribution >= 4 is 40.3 Å². The summed E-state index contributed by atoms with van der Waals surface area (Å²) in [4.78, 5) is 44.8. The monoisotopic (exact) mass is 428 g/mol. The number of nitrogens with zero attached hydrogens (tertiary/aromatic N) is 2. The molecule has 2 aliphatic heterocycles. The molecule has 8 heteroatoms. The minimum Gasteiger partial charge on any atom is -0.358 e. The molecule has 1 spiro atoms. The van der Waals surface area contributed by atoms with Crippen molar-refractivity contribution in [2.45, 2.75) is 51.1 Å². The Bertz CT molecular complexity index is 1050. The second-order valence-electron chi connectivity index (χ2n) is 8.92. The maximum Gasteiger partial charge on any atom is 0.325 e. The molecule has 0 bridgehead atoms. The Hall–Kier alpha value is -2.54. The predicted octanol–water partition coefficient (Wildman–Crippen LogP) is 3.21. The number of fused-ring (bicyclic) bond motifs is 3. The number of carbonyl (C=O) groups is 3. The SMILES string of the molecule is CC1CCC2(CC1)NC(=O)N(CC(=O)N1CCc3[nH]c4ccc(Cl)cc4c3C1)C2=O. The molecule has 0 unspecified atom stereocenters. The first kappa shape index (κ1) is 19.4. The van der Waals surface area contributed by atoms with Crippen LogP contribution >= 0.6 is 11.6 Å². The lowest BCUT2D eigenvalue weighted by molar-refractivity contribution is -0.140. The van der Waals surface area contributed by atoms with E-state index in [9.17, 15) is 14.4 Å². The molecule has 1 aromatic carbocycles. The number of aromatic amines is 1. The molecule has 2 fully saturated rings. The third-order valence-electron chi connectivity index (χ3n) is 6.96. The summed E-state index contributed by atoms with van der Waals surface area (Å²) in [6.07, 6.45) is 3.81. The van der Waals surface area contributed by atoms with E-state index in [0.717, 1.165) is 39.9 Å². The van der Waals surface area contributed by atoms with Gasteiger partial charge in [0.05, 0.1) is 0 Å². The van der Waals surface area contributed by atoms with Crippen LogP contribution < -0.4 is 5.32 Å². The Morgan fingerprint density at radius 1 is 1.27 bits per heavy atom. The van der Waals surface area contributed by atoms with Gasteiger partial charge in [0, 0.05) is 46.7 Å². The second-order valence-corrected chi connectivity index (χ2v) is 9.36. The highest BCUT2D eigenvalue weighted by atomic mass is 35.5. The molecule has 3 heterocycles. The number of urea groups is 1. The van der Waals surface area contributed by atoms with Gasteiger partial charge in [0.15, 0.2) is 0 Å². The van der Waals surface area contributed by atoms with Gasteiger partial charge in [0.1, 0.15) is 12.1 Å². The van der Waals surface area contributed by atoms with Crippen molar-refractivity contribution in [2.24, 2.45) is 5.92 Å². The molecule has 1 saturated heterocycles. The summed E-state index contributed by atoms with van der Waals surface area (Å²) in [6.45, 7) is 2.96. The summed E-state index contributed by atoms with van der Waals surface area (Å²) in [7, 11) is 0. The molecule has 7 nitrogen and oxygen atoms in total. The van der Waals surface area contributed by atoms with E-state index < -0.39 is 11.6 Å². The van der Waals surface area contributed by atoms with Crippen LogP contribution in [-0.2, 0) is 22.6 Å². The molecule has 5 rings (SSSR count). The highest BCUT2D eigenvalue weighted by molar-refractivity contribution is 6.31. The van der Waals surface area contributed by atoms with E-state index in [1.807, 2.05) is 18.2 Å². The molecule has 1 aliphatic carbocycles. The van der Waals surface area contributed by atoms with Crippen LogP contribution in [0.1, 0.15) is 43.9 Å². The van der Waals surface area contributed by atoms with Crippen molar-refractivity contribution < 1.29 is 14.4 Å². The first-order valence-corrected chi connectivity index (χ1v) is 10.9. The van der Waals surface area contributed by atoms with E-state index in [1.165, 1.54) is 0 Å². The molecule has 4 amide bonds. The van der Waals surface area contributed by atoms with Gasteiger partial charge in [-0.2, -0.15) is 0 Å². The largest absolute Gasteiger partial charge is 0.358 e. The van der Waals surface area contributed by atoms with E-state index in [-0.39, 0.29) is 18.4 Å². The minimum absolute atomic E-state index is 0.207. The quantitative estimate of drug-likeness (QED) is 0.720. The Labute approximate surface area is 179 Å². The number of aromatic nitrogens is 1. The van der Waals surface area contributed by atoms with Gasteiger partial charge >= 0.3 is 6.03 Å². The Morgan fingerprint density at radius 2 is 2.03 bits per heavy atom. The van der Waals surface area contributed by atoms with Crippen molar-refractivity contribution in [2.75, 3.05) is 13.1 Å². The first-order valence-electron chi connectivity index (χ1n) is 10.6. The third-order valence-corrected chi connectivity index (χ3v) is 7.19. The molecule has 2 aromatic rings. The summed E-state index contributed by atoms with van der Waals surface area (Å²) in [5.41, 5.74) is 2.36. The third kappa shape index (κ3) is 3.07. The fraction of sp³-hybridized carbons (Fsp3) is 0.500. The molecule has 30 heavy (non-hydrogen) atoms. The van der Waals surface area contributed by atoms with Crippen LogP contribution in [0.4, 0.5) is 4.79 Å². The van der Waals surface area contributed by atoms with E-state index in [1.54, 1.807) is 4.90 Å². The number of rotatable bonds is 2. The predicted molar refractivity (Wildman–Crippen MR) is 113 cm³/mol. The zero-order valence-electron chi connectivity index (χ0n) is 17.0. The first-order chi connectivity index (χ1) is 14.4. The summed E-state index contributed by atoms with van der Waals surface area (Å²) in [6, 6.07) is 5.25. The lowest BCUT2D eigenvalue weighted by Gasteiger charge is -2.33. The van der Waals surface area contributed by atoms with E-state index in [2.05, 4.69) is 17.2 Å². The highest BCUT2D eigenvalue weighted by Gasteiger charge is 2.52. The van der Waals surface area contributed by atoms with Crippen molar-refractivity contribution in [3.63, 3.8) is 0 Å². The van der Waals surface area contributed by atoms with E-state index in [4.69, 9.17) is 11.6 Å². The normalized spacial score (nSPS) is 26.4. The van der Waals surface area contributed by atoms with Crippen LogP contribution in [0.5, 0.6) is 0 Å². The minimum atomic E-state index is -0.813. The molecule has 2 N–H and O–H groups in total. The van der Waals surface area contributed by atoms with Gasteiger partial charge in [0.2, 0.25) is 5.91 Å². The topological polar surface area (TPSA) is 85.5 Å². The van der Waals surface area contributed by atoms with Crippen LogP contribution in [0.3, 0.4) is 0 Å². The molecular weight excluding hydrogens is 404 g/mol. The van der Waals surface area contributed by atoms with Gasteiger partial charge in [-0.25, -0.2) is 4.79 Å². The lowest BCUT2D eigenvalue weighted by atomic mass is 9.77. The van der Waals surface area contributed by atoms with Crippen LogP contribution in [0.25, 0.3) is 10.9 Å². The van der Waals surface area contributed by atoms with Gasteiger partial charge in [-0.1, -0.05) is 18.5 Å². The average Bonchev–Trinajstić information content (AvgIpc) is 3.20. The van der Waals surface area contributed by atoms with Crippen LogP contribution in [0.15, 0.2) is 18.2 Å². The molecule has 1 saturated carbocycles. The molecule has 0 radical (unpaired) electrons. The number of benzene rings is 1. The smallest absolute Gasteiger partial charge is 0.325 e. The van der Waals surface area contributed by atoms with Crippen molar-refractivity contribution in [3.8, 4) is 0 Å². The van der Waals surface area contributed by atoms with E-state index in [0.29, 0.717) is 43.3 Å². The zero-order chi connectivity index (χ0) is 21.0. The van der Waals surface area contributed by atoms with Crippen LogP contribution in [0, 0.1) is 5.92 Å². The standard InChI is InChI=1S/C22H25ClN4O3/c1-13-4-7-22(8-5-13)20(29)27(21(30)25-22)12-19(28)26-9-6-18-16(11-26)15-10-14(23)2-3-17(15)24-18/h2-3,10,13,24H,4-9,11-12H2,1H3,(H,25,30). The number of carbonyl (C=O) groups excluding carboxylic acids is 3. The summed E-state index contributed by atoms with van der Waals surface area (Å²) in [5, 5.41) is 4.55. The Kier molecular flexibility index (Phi) is 4.54. The van der Waals surface area contributed by atoms with Gasteiger partial charge in [0.25, 0.3) is 5.91 Å². The number of amides is 4. The van der Waals surface area contributed by atoms with Gasteiger partial charge in [-0.15, -0.1) is 0 Å². The number of imide groups is 1. The summed E-state index contributed by atoms with van der Waals surface area (Å²) in [5.74, 6) is 0.106. The maximum atomic E-state index is 13.0. The van der Waals surface area contributed by atoms with Crippen molar-refractivity contribution in [3.05, 3.63) is 34.5 Å². The summed E-state index contributed by atoms with van der Waals surface area (Å²) < 4.78 is 0. The molecular formula is C22H25ClN4O3. The number of halogens is 1. The van der Waals surface area contributed by atoms with Crippen LogP contribution in [0.2, 0.25) is 5.02 Å². The van der Waals surface area contributed by atoms with E-state index >= 15 is 0 Å². The number of hydrogen-bond acceptors (Lipinski definition) is 3. The zero-order valence-corrected chi connectivity index (χ0v) is 17.7. The number of hydrogen-bond donors (Lipinski definition) is 2. The fourth-order valence-corrected chi connectivity index (χ4v) is 5.22. The van der Waals surface area contributed by atoms with Crippen molar-refractivity contribution in [1.82, 2.24) is 20.1 Å². The maximum absolute atomic E-state index is 13.0. The number of H-pyrrole nitrogens is 1. The second kappa shape index (κ2) is 7.01. The molecule has 1 aromatic heterocycles. The summed E-state index contributed by atoms with van der Waals surface area (Å²) >= 11 is 6.16. The van der Waals surface area contributed by atoms with Crippen molar-refractivity contribution in [1.29, 1.82) is 0 Å². The van der Waals surface area contributed by atoms with Gasteiger partial charge in [-0.05, 0) is 49.8 Å². The van der Waals surface area contributed by atoms with Gasteiger partial charge < -0.3 is 15.2 Å². The Balaban J connectivity index is 1.32. The fourth-order valence-electron chi connectivity index (χ4n) is 5.05. The Morgan fingerprint density at radius 3 is 2.80 bits per heavy atom. The average molecular weight is 429 g/mol. The highest BCUT2D eigenvalue weighted by Crippen LogP contribution is 2.36. The molecule has 0 atom stereocenters. The molecule has 158 valence electrons. The van der Waals surface area contributed by atoms with Gasteiger partial charge in [-0.3, -0.25) is 14.5 Å². The lowest BCUT2D eigenvalue weighted by Crippen LogP contribution is -2.50. The number of nitrogens with one attached hydrogen (secondary N) is 2. The molecule has 3 aliphatic rings.